The van der Waals surface area contributed by atoms with Crippen molar-refractivity contribution >= 4 is 50.6 Å². The van der Waals surface area contributed by atoms with Crippen LogP contribution in [0.1, 0.15) is 32.9 Å². The molecule has 2 rings (SSSR count). The van der Waals surface area contributed by atoms with Crippen LogP contribution < -0.4 is 15.8 Å². The highest BCUT2D eigenvalue weighted by molar-refractivity contribution is 8.11. The Morgan fingerprint density at radius 3 is 2.80 bits per heavy atom. The van der Waals surface area contributed by atoms with Crippen LogP contribution >= 0.6 is 34.7 Å². The molecule has 2 aromatic rings. The fourth-order valence-corrected chi connectivity index (χ4v) is 3.82. The molecule has 0 saturated heterocycles. The topological polar surface area (TPSA) is 73.1 Å². The highest BCUT2D eigenvalue weighted by Gasteiger charge is 2.12. The Balaban J connectivity index is 2.21. The monoisotopic (exact) mass is 396 g/mol. The van der Waals surface area contributed by atoms with Gasteiger partial charge in [0, 0.05) is 10.3 Å². The number of nitrogens with two attached hydrogens (primary N) is 1. The van der Waals surface area contributed by atoms with Gasteiger partial charge in [-0.1, -0.05) is 41.9 Å². The Bertz CT molecular complexity index is 798. The molecule has 0 aliphatic heterocycles. The summed E-state index contributed by atoms with van der Waals surface area (Å²) in [6, 6.07) is 3.52. The van der Waals surface area contributed by atoms with E-state index in [1.165, 1.54) is 35.8 Å². The maximum atomic E-state index is 6.05. The summed E-state index contributed by atoms with van der Waals surface area (Å²) in [5, 5.41) is 7.17. The van der Waals surface area contributed by atoms with Crippen LogP contribution in [-0.4, -0.2) is 17.1 Å². The number of anilines is 2. The first kappa shape index (κ1) is 19.6. The molecule has 0 radical (unpaired) electrons. The number of nitrogens with zero attached hydrogens (tertiary/aromatic N) is 2. The van der Waals surface area contributed by atoms with Crippen molar-refractivity contribution in [3.8, 4) is 5.88 Å². The van der Waals surface area contributed by atoms with Crippen LogP contribution in [0.15, 0.2) is 34.2 Å². The van der Waals surface area contributed by atoms with Crippen LogP contribution in [0, 0.1) is 0 Å². The Morgan fingerprint density at radius 1 is 1.40 bits per heavy atom. The molecule has 0 spiro atoms. The molecule has 0 saturated carbocycles. The summed E-state index contributed by atoms with van der Waals surface area (Å²) in [5.41, 5.74) is 8.11. The number of rotatable bonds is 7. The lowest BCUT2D eigenvalue weighted by Crippen LogP contribution is -1.97. The second-order valence-electron chi connectivity index (χ2n) is 5.30. The summed E-state index contributed by atoms with van der Waals surface area (Å²) in [4.78, 5) is 10.0. The van der Waals surface area contributed by atoms with E-state index in [1.54, 1.807) is 12.1 Å². The van der Waals surface area contributed by atoms with Gasteiger partial charge in [-0.25, -0.2) is 4.98 Å². The fourth-order valence-electron chi connectivity index (χ4n) is 1.95. The first-order valence-corrected chi connectivity index (χ1v) is 9.76. The molecular weight excluding hydrogens is 376 g/mol. The Morgan fingerprint density at radius 2 is 2.16 bits per heavy atom. The standard InChI is InChI=1S/C17H21ClN4OS2/c1-5-6-13(19)25-15(10(2)3)12-9-24-17(20-12)22-14-8-7-11(18)16(21-14)23-4/h6-9H,5,19H2,1-4H3,(H,20,21,22)/b13-6+. The predicted molar refractivity (Wildman–Crippen MR) is 110 cm³/mol. The van der Waals surface area contributed by atoms with E-state index in [4.69, 9.17) is 22.1 Å². The van der Waals surface area contributed by atoms with Gasteiger partial charge in [0.25, 0.3) is 0 Å². The SMILES string of the molecule is CC/C=C(\N)SC(=C(C)C)c1csc(Nc2ccc(Cl)c(OC)n2)n1. The summed E-state index contributed by atoms with van der Waals surface area (Å²) < 4.78 is 5.13. The second kappa shape index (κ2) is 9.12. The van der Waals surface area contributed by atoms with Gasteiger partial charge >= 0.3 is 0 Å². The van der Waals surface area contributed by atoms with Crippen LogP contribution in [0.2, 0.25) is 5.02 Å². The van der Waals surface area contributed by atoms with Crippen molar-refractivity contribution in [3.05, 3.63) is 44.9 Å². The van der Waals surface area contributed by atoms with E-state index in [0.29, 0.717) is 16.7 Å². The highest BCUT2D eigenvalue weighted by atomic mass is 35.5. The van der Waals surface area contributed by atoms with E-state index in [2.05, 4.69) is 36.1 Å². The van der Waals surface area contributed by atoms with Gasteiger partial charge in [0.2, 0.25) is 5.88 Å². The number of hydrogen-bond donors (Lipinski definition) is 2. The van der Waals surface area contributed by atoms with Crippen molar-refractivity contribution in [3.63, 3.8) is 0 Å². The third-order valence-corrected chi connectivity index (χ3v) is 5.33. The summed E-state index contributed by atoms with van der Waals surface area (Å²) in [5.74, 6) is 1.00. The minimum absolute atomic E-state index is 0.376. The quantitative estimate of drug-likeness (QED) is 0.631. The molecule has 0 bridgehead atoms. The lowest BCUT2D eigenvalue weighted by atomic mass is 10.3. The number of thiazole rings is 1. The number of thioether (sulfide) groups is 1. The zero-order chi connectivity index (χ0) is 18.4. The number of pyridine rings is 1. The summed E-state index contributed by atoms with van der Waals surface area (Å²) in [7, 11) is 1.53. The molecule has 0 aromatic carbocycles. The van der Waals surface area contributed by atoms with Gasteiger partial charge in [-0.3, -0.25) is 0 Å². The van der Waals surface area contributed by atoms with Crippen molar-refractivity contribution in [1.82, 2.24) is 9.97 Å². The summed E-state index contributed by atoms with van der Waals surface area (Å²) in [6.07, 6.45) is 2.91. The molecular formula is C17H21ClN4OS2. The van der Waals surface area contributed by atoms with Crippen LogP contribution in [0.4, 0.5) is 10.9 Å². The molecule has 3 N–H and O–H groups in total. The minimum atomic E-state index is 0.376. The molecule has 134 valence electrons. The Hall–Kier alpha value is -1.70. The molecule has 2 aromatic heterocycles. The average molecular weight is 397 g/mol. The second-order valence-corrected chi connectivity index (χ2v) is 7.65. The van der Waals surface area contributed by atoms with Crippen LogP contribution in [0.25, 0.3) is 4.91 Å². The lowest BCUT2D eigenvalue weighted by molar-refractivity contribution is 0.399. The number of nitrogens with one attached hydrogen (secondary N) is 1. The first-order valence-electron chi connectivity index (χ1n) is 7.69. The van der Waals surface area contributed by atoms with Crippen molar-refractivity contribution in [2.24, 2.45) is 5.73 Å². The maximum absolute atomic E-state index is 6.05. The number of methoxy groups -OCH3 is 1. The van der Waals surface area contributed by atoms with Crippen molar-refractivity contribution in [2.45, 2.75) is 27.2 Å². The molecule has 0 aliphatic rings. The number of ether oxygens (including phenoxy) is 1. The Kier molecular flexibility index (Phi) is 7.16. The summed E-state index contributed by atoms with van der Waals surface area (Å²) >= 11 is 9.04. The number of aromatic nitrogens is 2. The molecule has 0 fully saturated rings. The number of hydrogen-bond acceptors (Lipinski definition) is 7. The van der Waals surface area contributed by atoms with Gasteiger partial charge in [0.1, 0.15) is 10.8 Å². The van der Waals surface area contributed by atoms with Crippen molar-refractivity contribution in [2.75, 3.05) is 12.4 Å². The Labute approximate surface area is 161 Å². The van der Waals surface area contributed by atoms with Crippen molar-refractivity contribution in [1.29, 1.82) is 0 Å². The van der Waals surface area contributed by atoms with E-state index < -0.39 is 0 Å². The van der Waals surface area contributed by atoms with E-state index in [-0.39, 0.29) is 0 Å². The fraction of sp³-hybridized carbons (Fsp3) is 0.294. The zero-order valence-electron chi connectivity index (χ0n) is 14.6. The van der Waals surface area contributed by atoms with Gasteiger partial charge in [0.05, 0.1) is 17.8 Å². The molecule has 0 unspecified atom stereocenters. The van der Waals surface area contributed by atoms with Crippen molar-refractivity contribution < 1.29 is 4.74 Å². The predicted octanol–water partition coefficient (Wildman–Crippen LogP) is 5.64. The largest absolute Gasteiger partial charge is 0.480 e. The maximum Gasteiger partial charge on any atom is 0.234 e. The van der Waals surface area contributed by atoms with E-state index in [1.807, 2.05) is 11.5 Å². The highest BCUT2D eigenvalue weighted by Crippen LogP contribution is 2.36. The van der Waals surface area contributed by atoms with Gasteiger partial charge < -0.3 is 15.8 Å². The van der Waals surface area contributed by atoms with Crippen LogP contribution in [0.3, 0.4) is 0 Å². The molecule has 8 heteroatoms. The first-order chi connectivity index (χ1) is 11.9. The van der Waals surface area contributed by atoms with Crippen LogP contribution in [0.5, 0.6) is 5.88 Å². The molecule has 0 atom stereocenters. The molecule has 25 heavy (non-hydrogen) atoms. The molecule has 0 aliphatic carbocycles. The zero-order valence-corrected chi connectivity index (χ0v) is 17.0. The van der Waals surface area contributed by atoms with Gasteiger partial charge in [-0.05, 0) is 32.4 Å². The third-order valence-electron chi connectivity index (χ3n) is 3.06. The molecule has 0 amide bonds. The van der Waals surface area contributed by atoms with Gasteiger partial charge in [-0.15, -0.1) is 11.3 Å². The molecule has 2 heterocycles. The number of halogens is 1. The van der Waals surface area contributed by atoms with E-state index in [0.717, 1.165) is 27.2 Å². The van der Waals surface area contributed by atoms with Crippen LogP contribution in [-0.2, 0) is 0 Å². The lowest BCUT2D eigenvalue weighted by Gasteiger charge is -2.08. The minimum Gasteiger partial charge on any atom is -0.480 e. The average Bonchev–Trinajstić information content (AvgIpc) is 3.02. The molecule has 5 nitrogen and oxygen atoms in total. The van der Waals surface area contributed by atoms with E-state index in [9.17, 15) is 0 Å². The third kappa shape index (κ3) is 5.39. The van der Waals surface area contributed by atoms with Gasteiger partial charge in [0.15, 0.2) is 5.13 Å². The normalized spacial score (nSPS) is 11.3. The summed E-state index contributed by atoms with van der Waals surface area (Å²) in [6.45, 7) is 6.17. The smallest absolute Gasteiger partial charge is 0.234 e. The van der Waals surface area contributed by atoms with Gasteiger partial charge in [-0.2, -0.15) is 4.98 Å². The number of allylic oxidation sites excluding steroid dienone is 2. The van der Waals surface area contributed by atoms with E-state index >= 15 is 0 Å².